The van der Waals surface area contributed by atoms with Gasteiger partial charge in [-0.2, -0.15) is 0 Å². The number of benzene rings is 2. The van der Waals surface area contributed by atoms with Gasteiger partial charge in [0.1, 0.15) is 0 Å². The zero-order chi connectivity index (χ0) is 11.8. The van der Waals surface area contributed by atoms with Crippen molar-refractivity contribution >= 4 is 0 Å². The lowest BCUT2D eigenvalue weighted by atomic mass is 9.98. The summed E-state index contributed by atoms with van der Waals surface area (Å²) in [7, 11) is 0. The highest BCUT2D eigenvalue weighted by atomic mass is 14.2. The van der Waals surface area contributed by atoms with Crippen LogP contribution in [-0.2, 0) is 6.42 Å². The Bertz CT molecular complexity index is 443. The molecule has 1 nitrogen and oxygen atoms in total. The van der Waals surface area contributed by atoms with E-state index < -0.39 is 0 Å². The van der Waals surface area contributed by atoms with E-state index in [1.807, 2.05) is 0 Å². The van der Waals surface area contributed by atoms with E-state index in [9.17, 15) is 0 Å². The van der Waals surface area contributed by atoms with Crippen molar-refractivity contribution in [2.24, 2.45) is 0 Å². The topological polar surface area (TPSA) is 23.8 Å². The van der Waals surface area contributed by atoms with Crippen LogP contribution >= 0.6 is 0 Å². The van der Waals surface area contributed by atoms with Crippen LogP contribution in [0, 0.1) is 11.8 Å². The van der Waals surface area contributed by atoms with Crippen LogP contribution < -0.4 is 0 Å². The molecular weight excluding hydrogens is 194 g/mol. The molecule has 1 heteroatoms. The first-order valence-corrected chi connectivity index (χ1v) is 5.27. The second-order valence-electron chi connectivity index (χ2n) is 3.38. The maximum absolute atomic E-state index is 6.25. The van der Waals surface area contributed by atoms with Gasteiger partial charge >= 0.3 is 0 Å². The lowest BCUT2D eigenvalue weighted by Crippen LogP contribution is -1.85. The van der Waals surface area contributed by atoms with Crippen LogP contribution in [0.1, 0.15) is 12.5 Å². The van der Waals surface area contributed by atoms with Crippen molar-refractivity contribution in [2.45, 2.75) is 13.3 Å². The van der Waals surface area contributed by atoms with E-state index in [-0.39, 0.29) is 0 Å². The third-order valence-electron chi connectivity index (χ3n) is 2.48. The van der Waals surface area contributed by atoms with E-state index in [1.165, 1.54) is 16.7 Å². The standard InChI is InChI=1S/C14H14.CN/c1-2-12-8-6-7-11-14(12)13-9-4-3-5-10-13;1-2/h3-11H,2H2,1H3;/q;-1. The summed E-state index contributed by atoms with van der Waals surface area (Å²) in [5, 5.41) is 6.25. The van der Waals surface area contributed by atoms with Crippen molar-refractivity contribution in [3.05, 3.63) is 66.7 Å². The molecule has 0 saturated heterocycles. The highest BCUT2D eigenvalue weighted by Crippen LogP contribution is 2.23. The fourth-order valence-corrected chi connectivity index (χ4v) is 1.73. The fraction of sp³-hybridized carbons (Fsp3) is 0.133. The third-order valence-corrected chi connectivity index (χ3v) is 2.48. The van der Waals surface area contributed by atoms with E-state index in [2.05, 4.69) is 61.5 Å². The third kappa shape index (κ3) is 2.71. The van der Waals surface area contributed by atoms with Crippen molar-refractivity contribution < 1.29 is 0 Å². The largest absolute Gasteiger partial charge is 0.512 e. The molecule has 0 N–H and O–H groups in total. The van der Waals surface area contributed by atoms with E-state index in [1.54, 1.807) is 0 Å². The quantitative estimate of drug-likeness (QED) is 0.684. The zero-order valence-electron chi connectivity index (χ0n) is 9.35. The molecule has 80 valence electrons. The van der Waals surface area contributed by atoms with Crippen molar-refractivity contribution in [2.75, 3.05) is 0 Å². The fourth-order valence-electron chi connectivity index (χ4n) is 1.73. The Morgan fingerprint density at radius 2 is 1.44 bits per heavy atom. The van der Waals surface area contributed by atoms with Crippen LogP contribution in [0.25, 0.3) is 11.1 Å². The first-order chi connectivity index (χ1) is 7.92. The average Bonchev–Trinajstić information content (AvgIpc) is 2.42. The Balaban J connectivity index is 0.000000606. The van der Waals surface area contributed by atoms with Gasteiger partial charge in [0.25, 0.3) is 0 Å². The second-order valence-corrected chi connectivity index (χ2v) is 3.38. The Kier molecular flexibility index (Phi) is 4.82. The summed E-state index contributed by atoms with van der Waals surface area (Å²) in [6, 6.07) is 19.1. The van der Waals surface area contributed by atoms with Crippen LogP contribution in [0.4, 0.5) is 0 Å². The van der Waals surface area contributed by atoms with Crippen LogP contribution in [0.15, 0.2) is 54.6 Å². The van der Waals surface area contributed by atoms with Crippen LogP contribution in [0.3, 0.4) is 0 Å². The van der Waals surface area contributed by atoms with Crippen molar-refractivity contribution in [3.8, 4) is 11.1 Å². The molecule has 0 unspecified atom stereocenters. The van der Waals surface area contributed by atoms with Gasteiger partial charge in [-0.25, -0.2) is 0 Å². The average molecular weight is 208 g/mol. The minimum absolute atomic E-state index is 1.09. The van der Waals surface area contributed by atoms with Gasteiger partial charge in [0.05, 0.1) is 0 Å². The number of hydrogen-bond donors (Lipinski definition) is 0. The van der Waals surface area contributed by atoms with Crippen molar-refractivity contribution in [3.63, 3.8) is 0 Å². The van der Waals surface area contributed by atoms with Crippen LogP contribution in [-0.4, -0.2) is 0 Å². The summed E-state index contributed by atoms with van der Waals surface area (Å²) < 4.78 is 0. The zero-order valence-corrected chi connectivity index (χ0v) is 9.35. The first kappa shape index (κ1) is 12.0. The monoisotopic (exact) mass is 208 g/mol. The maximum atomic E-state index is 6.25. The predicted octanol–water partition coefficient (Wildman–Crippen LogP) is 4.01. The highest BCUT2D eigenvalue weighted by Gasteiger charge is 2.00. The molecule has 0 radical (unpaired) electrons. The van der Waals surface area contributed by atoms with Gasteiger partial charge in [-0.1, -0.05) is 61.5 Å². The maximum Gasteiger partial charge on any atom is -0.0152 e. The number of hydrogen-bond acceptors (Lipinski definition) is 1. The van der Waals surface area contributed by atoms with Gasteiger partial charge in [0.2, 0.25) is 0 Å². The summed E-state index contributed by atoms with van der Waals surface area (Å²) in [4.78, 5) is 0. The number of aryl methyl sites for hydroxylation is 1. The van der Waals surface area contributed by atoms with Crippen molar-refractivity contribution in [1.29, 1.82) is 5.26 Å². The van der Waals surface area contributed by atoms with Gasteiger partial charge in [0, 0.05) is 0 Å². The van der Waals surface area contributed by atoms with E-state index >= 15 is 0 Å². The Morgan fingerprint density at radius 3 is 2.06 bits per heavy atom. The number of nitrogens with zero attached hydrogens (tertiary/aromatic N) is 1. The molecule has 2 aromatic carbocycles. The van der Waals surface area contributed by atoms with Crippen molar-refractivity contribution in [1.82, 2.24) is 0 Å². The van der Waals surface area contributed by atoms with E-state index in [0.29, 0.717) is 0 Å². The lowest BCUT2D eigenvalue weighted by molar-refractivity contribution is 1.14. The first-order valence-electron chi connectivity index (χ1n) is 5.27. The number of rotatable bonds is 2. The molecule has 0 amide bonds. The summed E-state index contributed by atoms with van der Waals surface area (Å²) in [5.74, 6) is 0. The summed E-state index contributed by atoms with van der Waals surface area (Å²) in [5.41, 5.74) is 4.08. The van der Waals surface area contributed by atoms with Gasteiger partial charge in [-0.05, 0) is 23.1 Å². The molecule has 16 heavy (non-hydrogen) atoms. The summed E-state index contributed by atoms with van der Waals surface area (Å²) in [6.45, 7) is 6.95. The Labute approximate surface area is 97.0 Å². The summed E-state index contributed by atoms with van der Waals surface area (Å²) >= 11 is 0. The normalized spacial score (nSPS) is 8.94. The molecular formula is C15H14N-. The Morgan fingerprint density at radius 1 is 0.875 bits per heavy atom. The molecule has 0 atom stereocenters. The van der Waals surface area contributed by atoms with Crippen LogP contribution in [0.5, 0.6) is 0 Å². The van der Waals surface area contributed by atoms with E-state index in [0.717, 1.165) is 6.42 Å². The molecule has 0 aromatic heterocycles. The second kappa shape index (κ2) is 6.42. The predicted molar refractivity (Wildman–Crippen MR) is 66.2 cm³/mol. The Hall–Kier alpha value is -2.07. The highest BCUT2D eigenvalue weighted by molar-refractivity contribution is 5.67. The van der Waals surface area contributed by atoms with Gasteiger partial charge in [-0.3, -0.25) is 0 Å². The minimum Gasteiger partial charge on any atom is -0.512 e. The molecule has 0 aliphatic heterocycles. The molecule has 0 fully saturated rings. The molecule has 2 rings (SSSR count). The van der Waals surface area contributed by atoms with E-state index in [4.69, 9.17) is 11.8 Å². The molecule has 0 heterocycles. The van der Waals surface area contributed by atoms with Gasteiger partial charge in [0.15, 0.2) is 0 Å². The SMILES string of the molecule is CCc1ccccc1-c1ccccc1.[C-]#N. The molecule has 0 bridgehead atoms. The lowest BCUT2D eigenvalue weighted by Gasteiger charge is -2.06. The minimum atomic E-state index is 1.09. The molecule has 0 aliphatic carbocycles. The molecule has 0 saturated carbocycles. The summed E-state index contributed by atoms with van der Waals surface area (Å²) in [6.07, 6.45) is 1.09. The molecule has 0 aliphatic rings. The van der Waals surface area contributed by atoms with Gasteiger partial charge < -0.3 is 11.8 Å². The molecule has 0 spiro atoms. The van der Waals surface area contributed by atoms with Gasteiger partial charge in [-0.15, -0.1) is 0 Å². The molecule has 2 aromatic rings. The van der Waals surface area contributed by atoms with Crippen LogP contribution in [0.2, 0.25) is 0 Å². The smallest absolute Gasteiger partial charge is 0.0152 e.